The predicted octanol–water partition coefficient (Wildman–Crippen LogP) is 5.62. The van der Waals surface area contributed by atoms with Gasteiger partial charge in [0.15, 0.2) is 5.82 Å². The number of amides is 2. The van der Waals surface area contributed by atoms with Crippen LogP contribution >= 0.6 is 11.6 Å². The zero-order valence-corrected chi connectivity index (χ0v) is 25.5. The van der Waals surface area contributed by atoms with Crippen LogP contribution in [0.5, 0.6) is 23.1 Å². The average molecular weight is 627 g/mol. The molecule has 0 saturated heterocycles. The number of hydrogen-bond acceptors (Lipinski definition) is 9. The zero-order chi connectivity index (χ0) is 31.0. The van der Waals surface area contributed by atoms with Crippen LogP contribution in [0, 0.1) is 0 Å². The van der Waals surface area contributed by atoms with Gasteiger partial charge in [-0.3, -0.25) is 9.71 Å². The molecule has 0 aliphatic heterocycles. The Balaban J connectivity index is 1.57. The molecule has 0 spiro atoms. The molecule has 43 heavy (non-hydrogen) atoms. The summed E-state index contributed by atoms with van der Waals surface area (Å²) in [6.45, 7) is 6.15. The van der Waals surface area contributed by atoms with Crippen LogP contribution in [0.2, 0.25) is 5.02 Å². The van der Waals surface area contributed by atoms with Crippen LogP contribution in [-0.4, -0.2) is 49.7 Å². The minimum atomic E-state index is -4.10. The Morgan fingerprint density at radius 2 is 1.72 bits per heavy atom. The van der Waals surface area contributed by atoms with Gasteiger partial charge in [-0.2, -0.15) is 4.98 Å². The third-order valence-electron chi connectivity index (χ3n) is 5.95. The van der Waals surface area contributed by atoms with Crippen molar-refractivity contribution in [3.8, 4) is 23.1 Å². The molecule has 0 radical (unpaired) electrons. The summed E-state index contributed by atoms with van der Waals surface area (Å²) < 4.78 is 46.2. The largest absolute Gasteiger partial charge is 0.497 e. The van der Waals surface area contributed by atoms with E-state index in [4.69, 9.17) is 25.8 Å². The highest BCUT2D eigenvalue weighted by molar-refractivity contribution is 7.92. The maximum Gasteiger partial charge on any atom is 0.319 e. The SMILES string of the molecule is COc1ccc(Cl)c(Oc2c(NS(=O)(=O)c3ccc(C(C)(C)C)cc3)ncnc2OCCNC(=O)Nc2ccncc2)c1. The van der Waals surface area contributed by atoms with Crippen molar-refractivity contribution >= 4 is 39.2 Å². The lowest BCUT2D eigenvalue weighted by Gasteiger charge is -2.19. The third kappa shape index (κ3) is 8.46. The quantitative estimate of drug-likeness (QED) is 0.180. The molecule has 0 saturated carbocycles. The number of rotatable bonds is 11. The second-order valence-electron chi connectivity index (χ2n) is 10.1. The number of aromatic nitrogens is 3. The molecule has 12 nitrogen and oxygen atoms in total. The minimum Gasteiger partial charge on any atom is -0.497 e. The Kier molecular flexibility index (Phi) is 9.88. The van der Waals surface area contributed by atoms with Crippen molar-refractivity contribution < 1.29 is 27.4 Å². The number of pyridine rings is 1. The number of urea groups is 1. The van der Waals surface area contributed by atoms with E-state index in [0.29, 0.717) is 11.4 Å². The lowest BCUT2D eigenvalue weighted by molar-refractivity contribution is 0.245. The fourth-order valence-corrected chi connectivity index (χ4v) is 4.84. The molecule has 0 unspecified atom stereocenters. The van der Waals surface area contributed by atoms with E-state index in [-0.39, 0.29) is 51.7 Å². The fraction of sp³-hybridized carbons (Fsp3) is 0.241. The molecule has 14 heteroatoms. The van der Waals surface area contributed by atoms with Gasteiger partial charge in [-0.1, -0.05) is 44.5 Å². The number of carbonyl (C=O) groups excluding carboxylic acids is 1. The first-order chi connectivity index (χ1) is 20.5. The van der Waals surface area contributed by atoms with E-state index in [1.54, 1.807) is 48.8 Å². The van der Waals surface area contributed by atoms with E-state index in [1.807, 2.05) is 20.8 Å². The summed E-state index contributed by atoms with van der Waals surface area (Å²) in [4.78, 5) is 24.4. The third-order valence-corrected chi connectivity index (χ3v) is 7.61. The fourth-order valence-electron chi connectivity index (χ4n) is 3.67. The molecule has 226 valence electrons. The zero-order valence-electron chi connectivity index (χ0n) is 23.9. The normalized spacial score (nSPS) is 11.4. The van der Waals surface area contributed by atoms with Gasteiger partial charge >= 0.3 is 6.03 Å². The molecule has 0 aliphatic carbocycles. The van der Waals surface area contributed by atoms with Gasteiger partial charge in [0, 0.05) is 24.1 Å². The van der Waals surface area contributed by atoms with Crippen molar-refractivity contribution in [3.63, 3.8) is 0 Å². The first kappa shape index (κ1) is 31.3. The van der Waals surface area contributed by atoms with Gasteiger partial charge in [0.25, 0.3) is 15.9 Å². The molecule has 2 aromatic heterocycles. The van der Waals surface area contributed by atoms with Crippen molar-refractivity contribution in [2.45, 2.75) is 31.1 Å². The Labute approximate surface area is 254 Å². The standard InChI is InChI=1S/C29H31ClN6O6S/c1-29(2,3)19-5-8-22(9-6-19)43(38,39)36-26-25(42-24-17-21(40-4)7-10-23(24)30)27(34-18-33-26)41-16-15-32-28(37)35-20-11-13-31-14-12-20/h5-14,17-18H,15-16H2,1-4H3,(H,33,34,36)(H2,31,32,35,37). The number of methoxy groups -OCH3 is 1. The molecule has 0 atom stereocenters. The monoisotopic (exact) mass is 626 g/mol. The van der Waals surface area contributed by atoms with Gasteiger partial charge in [-0.05, 0) is 47.4 Å². The first-order valence-electron chi connectivity index (χ1n) is 13.0. The van der Waals surface area contributed by atoms with E-state index in [9.17, 15) is 13.2 Å². The highest BCUT2D eigenvalue weighted by Crippen LogP contribution is 2.40. The number of nitrogens with zero attached hydrogens (tertiary/aromatic N) is 3. The molecule has 4 rings (SSSR count). The second-order valence-corrected chi connectivity index (χ2v) is 12.2. The minimum absolute atomic E-state index is 0.0244. The van der Waals surface area contributed by atoms with E-state index in [1.165, 1.54) is 25.3 Å². The predicted molar refractivity (Wildman–Crippen MR) is 163 cm³/mol. The smallest absolute Gasteiger partial charge is 0.319 e. The van der Waals surface area contributed by atoms with Gasteiger partial charge in [-0.15, -0.1) is 0 Å². The highest BCUT2D eigenvalue weighted by Gasteiger charge is 2.24. The number of halogens is 1. The average Bonchev–Trinajstić information content (AvgIpc) is 2.97. The summed E-state index contributed by atoms with van der Waals surface area (Å²) in [6, 6.07) is 14.1. The first-order valence-corrected chi connectivity index (χ1v) is 14.9. The molecule has 0 bridgehead atoms. The molecular weight excluding hydrogens is 596 g/mol. The summed E-state index contributed by atoms with van der Waals surface area (Å²) in [5.41, 5.74) is 1.39. The van der Waals surface area contributed by atoms with Gasteiger partial charge < -0.3 is 24.8 Å². The summed E-state index contributed by atoms with van der Waals surface area (Å²) in [5, 5.41) is 5.54. The van der Waals surface area contributed by atoms with Crippen molar-refractivity contribution in [1.82, 2.24) is 20.3 Å². The van der Waals surface area contributed by atoms with Crippen LogP contribution in [0.3, 0.4) is 0 Å². The topological polar surface area (TPSA) is 154 Å². The Hall–Kier alpha value is -4.62. The number of ether oxygens (including phenoxy) is 3. The number of anilines is 2. The van der Waals surface area contributed by atoms with Crippen LogP contribution in [0.15, 0.2) is 78.2 Å². The number of carbonyl (C=O) groups is 1. The molecule has 2 aromatic carbocycles. The maximum atomic E-state index is 13.4. The summed E-state index contributed by atoms with van der Waals surface area (Å²) >= 11 is 6.36. The maximum absolute atomic E-state index is 13.4. The van der Waals surface area contributed by atoms with E-state index in [2.05, 4.69) is 30.3 Å². The van der Waals surface area contributed by atoms with Crippen molar-refractivity contribution in [2.24, 2.45) is 0 Å². The lowest BCUT2D eigenvalue weighted by atomic mass is 9.87. The lowest BCUT2D eigenvalue weighted by Crippen LogP contribution is -2.32. The van der Waals surface area contributed by atoms with Crippen LogP contribution in [0.25, 0.3) is 0 Å². The molecule has 0 fully saturated rings. The Morgan fingerprint density at radius 3 is 2.40 bits per heavy atom. The molecule has 2 amide bonds. The Bertz CT molecular complexity index is 1670. The van der Waals surface area contributed by atoms with E-state index in [0.717, 1.165) is 11.9 Å². The van der Waals surface area contributed by atoms with Crippen LogP contribution in [0.1, 0.15) is 26.3 Å². The Morgan fingerprint density at radius 1 is 1.00 bits per heavy atom. The highest BCUT2D eigenvalue weighted by atomic mass is 35.5. The number of hydrogen-bond donors (Lipinski definition) is 3. The molecule has 2 heterocycles. The second kappa shape index (κ2) is 13.6. The van der Waals surface area contributed by atoms with Crippen LogP contribution in [0.4, 0.5) is 16.3 Å². The summed E-state index contributed by atoms with van der Waals surface area (Å²) in [5.74, 6) is 0.168. The summed E-state index contributed by atoms with van der Waals surface area (Å²) in [6.07, 6.45) is 4.23. The van der Waals surface area contributed by atoms with Gasteiger partial charge in [-0.25, -0.2) is 18.2 Å². The molecule has 4 aromatic rings. The van der Waals surface area contributed by atoms with Gasteiger partial charge in [0.2, 0.25) is 5.75 Å². The molecular formula is C29H31ClN6O6S. The number of benzene rings is 2. The van der Waals surface area contributed by atoms with Crippen molar-refractivity contribution in [3.05, 3.63) is 83.9 Å². The van der Waals surface area contributed by atoms with Crippen molar-refractivity contribution in [2.75, 3.05) is 30.3 Å². The summed E-state index contributed by atoms with van der Waals surface area (Å²) in [7, 11) is -2.62. The van der Waals surface area contributed by atoms with Gasteiger partial charge in [0.1, 0.15) is 24.4 Å². The number of sulfonamides is 1. The van der Waals surface area contributed by atoms with E-state index < -0.39 is 16.1 Å². The molecule has 3 N–H and O–H groups in total. The van der Waals surface area contributed by atoms with E-state index >= 15 is 0 Å². The van der Waals surface area contributed by atoms with Gasteiger partial charge in [0.05, 0.1) is 23.6 Å². The van der Waals surface area contributed by atoms with Crippen molar-refractivity contribution in [1.29, 1.82) is 0 Å². The van der Waals surface area contributed by atoms with Crippen LogP contribution in [-0.2, 0) is 15.4 Å². The van der Waals surface area contributed by atoms with Crippen LogP contribution < -0.4 is 29.6 Å². The number of nitrogens with one attached hydrogen (secondary N) is 3. The molecule has 0 aliphatic rings.